The van der Waals surface area contributed by atoms with Crippen LogP contribution >= 0.6 is 0 Å². The predicted octanol–water partition coefficient (Wildman–Crippen LogP) is 2.26. The van der Waals surface area contributed by atoms with Crippen molar-refractivity contribution >= 4 is 22.8 Å². The topological polar surface area (TPSA) is 66.1 Å². The highest BCUT2D eigenvalue weighted by Crippen LogP contribution is 2.32. The monoisotopic (exact) mass is 271 g/mol. The molecule has 1 aliphatic rings. The molecule has 104 valence electrons. The van der Waals surface area contributed by atoms with Gasteiger partial charge in [0, 0.05) is 11.8 Å². The number of hydrogen-bond acceptors (Lipinski definition) is 3. The van der Waals surface area contributed by atoms with Crippen LogP contribution in [0.4, 0.5) is 0 Å². The molecule has 3 unspecified atom stereocenters. The number of carbonyl (C=O) groups excluding carboxylic acids is 2. The van der Waals surface area contributed by atoms with Crippen LogP contribution in [-0.2, 0) is 9.59 Å². The molecular formula is C15H17N3O2. The van der Waals surface area contributed by atoms with E-state index in [1.807, 2.05) is 31.2 Å². The Hall–Kier alpha value is -2.17. The lowest BCUT2D eigenvalue weighted by molar-refractivity contribution is -0.142. The van der Waals surface area contributed by atoms with Crippen LogP contribution in [0.5, 0.6) is 0 Å². The number of aromatic nitrogens is 2. The van der Waals surface area contributed by atoms with E-state index >= 15 is 0 Å². The Kier molecular flexibility index (Phi) is 2.85. The molecule has 2 amide bonds. The maximum atomic E-state index is 12.2. The van der Waals surface area contributed by atoms with Crippen LogP contribution in [0, 0.1) is 11.8 Å². The summed E-state index contributed by atoms with van der Waals surface area (Å²) in [6.45, 7) is 5.44. The molecule has 20 heavy (non-hydrogen) atoms. The minimum Gasteiger partial charge on any atom is -0.340 e. The molecule has 5 nitrogen and oxygen atoms in total. The third-order valence-electron chi connectivity index (χ3n) is 4.19. The van der Waals surface area contributed by atoms with E-state index in [0.717, 1.165) is 11.0 Å². The summed E-state index contributed by atoms with van der Waals surface area (Å²) in [4.78, 5) is 33.4. The molecule has 2 heterocycles. The number of para-hydroxylation sites is 2. The third kappa shape index (κ3) is 1.73. The Balaban J connectivity index is 1.98. The minimum absolute atomic E-state index is 0.115. The fourth-order valence-electron chi connectivity index (χ4n) is 2.65. The Morgan fingerprint density at radius 3 is 2.35 bits per heavy atom. The summed E-state index contributed by atoms with van der Waals surface area (Å²) in [5, 5.41) is 0. The average Bonchev–Trinajstić information content (AvgIpc) is 2.95. The van der Waals surface area contributed by atoms with E-state index in [4.69, 9.17) is 0 Å². The molecule has 3 atom stereocenters. The highest BCUT2D eigenvalue weighted by molar-refractivity contribution is 6.05. The van der Waals surface area contributed by atoms with E-state index in [1.165, 1.54) is 4.90 Å². The second kappa shape index (κ2) is 4.44. The van der Waals surface area contributed by atoms with Gasteiger partial charge >= 0.3 is 0 Å². The number of benzene rings is 1. The molecule has 2 aromatic rings. The van der Waals surface area contributed by atoms with Crippen molar-refractivity contribution in [2.24, 2.45) is 11.8 Å². The van der Waals surface area contributed by atoms with Gasteiger partial charge in [-0.2, -0.15) is 0 Å². The van der Waals surface area contributed by atoms with Crippen molar-refractivity contribution < 1.29 is 9.59 Å². The number of imidazole rings is 1. The third-order valence-corrected chi connectivity index (χ3v) is 4.19. The maximum Gasteiger partial charge on any atom is 0.233 e. The second-order valence-electron chi connectivity index (χ2n) is 5.44. The van der Waals surface area contributed by atoms with E-state index in [9.17, 15) is 9.59 Å². The molecule has 0 radical (unpaired) electrons. The molecule has 5 heteroatoms. The van der Waals surface area contributed by atoms with Crippen molar-refractivity contribution in [3.05, 3.63) is 30.1 Å². The van der Waals surface area contributed by atoms with Gasteiger partial charge in [0.1, 0.15) is 5.82 Å². The lowest BCUT2D eigenvalue weighted by Gasteiger charge is -2.21. The minimum atomic E-state index is -0.366. The van der Waals surface area contributed by atoms with Gasteiger partial charge in [0.2, 0.25) is 11.8 Å². The number of carbonyl (C=O) groups is 2. The molecule has 0 saturated carbocycles. The van der Waals surface area contributed by atoms with Gasteiger partial charge in [-0.05, 0) is 19.1 Å². The summed E-state index contributed by atoms with van der Waals surface area (Å²) in [5.74, 6) is -0.0937. The molecule has 0 spiro atoms. The largest absolute Gasteiger partial charge is 0.340 e. The summed E-state index contributed by atoms with van der Waals surface area (Å²) < 4.78 is 0. The molecule has 1 saturated heterocycles. The molecule has 0 aliphatic carbocycles. The number of amides is 2. The number of H-pyrrole nitrogens is 1. The van der Waals surface area contributed by atoms with Crippen molar-refractivity contribution in [1.82, 2.24) is 14.9 Å². The van der Waals surface area contributed by atoms with Crippen molar-refractivity contribution in [3.63, 3.8) is 0 Å². The van der Waals surface area contributed by atoms with E-state index < -0.39 is 0 Å². The van der Waals surface area contributed by atoms with Gasteiger partial charge in [0.15, 0.2) is 0 Å². The van der Waals surface area contributed by atoms with Gasteiger partial charge in [-0.1, -0.05) is 26.0 Å². The first-order valence-electron chi connectivity index (χ1n) is 6.82. The fourth-order valence-corrected chi connectivity index (χ4v) is 2.65. The Bertz CT molecular complexity index is 638. The lowest BCUT2D eigenvalue weighted by Crippen LogP contribution is -2.34. The number of fused-ring (bicyclic) bond motifs is 1. The van der Waals surface area contributed by atoms with Gasteiger partial charge in [0.25, 0.3) is 0 Å². The number of rotatable bonds is 2. The fraction of sp³-hybridized carbons (Fsp3) is 0.400. The molecule has 0 bridgehead atoms. The SMILES string of the molecule is CC1C(=O)N(C(C)c2nc3ccccc3[nH]2)C(=O)C1C. The van der Waals surface area contributed by atoms with Crippen molar-refractivity contribution in [2.45, 2.75) is 26.8 Å². The number of aromatic amines is 1. The van der Waals surface area contributed by atoms with Crippen LogP contribution in [0.25, 0.3) is 11.0 Å². The highest BCUT2D eigenvalue weighted by atomic mass is 16.2. The quantitative estimate of drug-likeness (QED) is 0.852. The summed E-state index contributed by atoms with van der Waals surface area (Å²) in [6, 6.07) is 7.30. The Labute approximate surface area is 117 Å². The van der Waals surface area contributed by atoms with Crippen molar-refractivity contribution in [1.29, 1.82) is 0 Å². The maximum absolute atomic E-state index is 12.2. The number of nitrogens with one attached hydrogen (secondary N) is 1. The van der Waals surface area contributed by atoms with Crippen molar-refractivity contribution in [3.8, 4) is 0 Å². The van der Waals surface area contributed by atoms with Gasteiger partial charge in [-0.15, -0.1) is 0 Å². The Morgan fingerprint density at radius 1 is 1.15 bits per heavy atom. The second-order valence-corrected chi connectivity index (χ2v) is 5.44. The van der Waals surface area contributed by atoms with Crippen LogP contribution in [-0.4, -0.2) is 26.7 Å². The number of nitrogens with zero attached hydrogens (tertiary/aromatic N) is 2. The molecule has 1 aliphatic heterocycles. The zero-order chi connectivity index (χ0) is 14.4. The first kappa shape index (κ1) is 12.8. The van der Waals surface area contributed by atoms with Gasteiger partial charge in [0.05, 0.1) is 17.1 Å². The lowest BCUT2D eigenvalue weighted by atomic mass is 10.00. The van der Waals surface area contributed by atoms with Gasteiger partial charge < -0.3 is 4.98 Å². The van der Waals surface area contributed by atoms with Crippen LogP contribution < -0.4 is 0 Å². The summed E-state index contributed by atoms with van der Waals surface area (Å²) in [6.07, 6.45) is 0. The summed E-state index contributed by atoms with van der Waals surface area (Å²) >= 11 is 0. The average molecular weight is 271 g/mol. The molecule has 1 N–H and O–H groups in total. The van der Waals surface area contributed by atoms with E-state index in [0.29, 0.717) is 5.82 Å². The molecule has 1 aromatic heterocycles. The van der Waals surface area contributed by atoms with Gasteiger partial charge in [-0.3, -0.25) is 14.5 Å². The van der Waals surface area contributed by atoms with Crippen LogP contribution in [0.1, 0.15) is 32.6 Å². The number of hydrogen-bond donors (Lipinski definition) is 1. The van der Waals surface area contributed by atoms with Crippen LogP contribution in [0.15, 0.2) is 24.3 Å². The molecule has 3 rings (SSSR count). The normalized spacial score (nSPS) is 24.6. The van der Waals surface area contributed by atoms with E-state index in [2.05, 4.69) is 9.97 Å². The summed E-state index contributed by atoms with van der Waals surface area (Å²) in [5.41, 5.74) is 1.75. The number of imide groups is 1. The predicted molar refractivity (Wildman–Crippen MR) is 74.7 cm³/mol. The zero-order valence-corrected chi connectivity index (χ0v) is 11.8. The molecule has 1 fully saturated rings. The standard InChI is InChI=1S/C15H17N3O2/c1-8-9(2)15(20)18(14(8)19)10(3)13-16-11-6-4-5-7-12(11)17-13/h4-10H,1-3H3,(H,16,17). The first-order valence-corrected chi connectivity index (χ1v) is 6.82. The smallest absolute Gasteiger partial charge is 0.233 e. The summed E-state index contributed by atoms with van der Waals surface area (Å²) in [7, 11) is 0. The van der Waals surface area contributed by atoms with E-state index in [-0.39, 0.29) is 29.7 Å². The highest BCUT2D eigenvalue weighted by Gasteiger charge is 2.45. The van der Waals surface area contributed by atoms with Gasteiger partial charge in [-0.25, -0.2) is 4.98 Å². The van der Waals surface area contributed by atoms with Crippen molar-refractivity contribution in [2.75, 3.05) is 0 Å². The van der Waals surface area contributed by atoms with Crippen LogP contribution in [0.3, 0.4) is 0 Å². The van der Waals surface area contributed by atoms with E-state index in [1.54, 1.807) is 13.8 Å². The molecule has 1 aromatic carbocycles. The zero-order valence-electron chi connectivity index (χ0n) is 11.8. The molecular weight excluding hydrogens is 254 g/mol. The Morgan fingerprint density at radius 2 is 1.75 bits per heavy atom. The number of likely N-dealkylation sites (tertiary alicyclic amines) is 1. The van der Waals surface area contributed by atoms with Crippen LogP contribution in [0.2, 0.25) is 0 Å². The first-order chi connectivity index (χ1) is 9.50.